The van der Waals surface area contributed by atoms with Crippen molar-refractivity contribution in [3.63, 3.8) is 0 Å². The molecule has 0 heterocycles. The molecule has 0 saturated heterocycles. The summed E-state index contributed by atoms with van der Waals surface area (Å²) in [5, 5.41) is 5.88. The van der Waals surface area contributed by atoms with Gasteiger partial charge < -0.3 is 20.1 Å². The van der Waals surface area contributed by atoms with Gasteiger partial charge in [-0.3, -0.25) is 4.79 Å². The topological polar surface area (TPSA) is 59.6 Å². The molecular weight excluding hydrogens is 292 g/mol. The van der Waals surface area contributed by atoms with Gasteiger partial charge in [-0.25, -0.2) is 0 Å². The van der Waals surface area contributed by atoms with E-state index in [0.29, 0.717) is 23.7 Å². The summed E-state index contributed by atoms with van der Waals surface area (Å²) in [7, 11) is 3.41. The Morgan fingerprint density at radius 2 is 1.95 bits per heavy atom. The third kappa shape index (κ3) is 6.23. The number of benzene rings is 1. The van der Waals surface area contributed by atoms with Crippen molar-refractivity contribution in [3.05, 3.63) is 18.2 Å². The standard InChI is InChI=1S/C15H24N2O3.ClH/c1-10(2)20-14-7-6-12(19-5)8-13(14)17-15(18)11(3)9-16-4;/h6-8,10-11,16H,9H2,1-5H3,(H,17,18);1H. The summed E-state index contributed by atoms with van der Waals surface area (Å²) in [6.45, 7) is 6.38. The lowest BCUT2D eigenvalue weighted by molar-refractivity contribution is -0.119. The number of amides is 1. The third-order valence-corrected chi connectivity index (χ3v) is 2.77. The largest absolute Gasteiger partial charge is 0.497 e. The van der Waals surface area contributed by atoms with Crippen molar-refractivity contribution >= 4 is 24.0 Å². The maximum absolute atomic E-state index is 12.1. The van der Waals surface area contributed by atoms with Crippen LogP contribution in [0.4, 0.5) is 5.69 Å². The van der Waals surface area contributed by atoms with Gasteiger partial charge in [0.15, 0.2) is 0 Å². The molecule has 0 saturated carbocycles. The van der Waals surface area contributed by atoms with Crippen LogP contribution in [0.15, 0.2) is 18.2 Å². The van der Waals surface area contributed by atoms with E-state index in [2.05, 4.69) is 10.6 Å². The summed E-state index contributed by atoms with van der Waals surface area (Å²) in [5.74, 6) is 1.14. The van der Waals surface area contributed by atoms with Gasteiger partial charge in [0.05, 0.1) is 18.9 Å². The summed E-state index contributed by atoms with van der Waals surface area (Å²) < 4.78 is 10.9. The fourth-order valence-electron chi connectivity index (χ4n) is 1.75. The van der Waals surface area contributed by atoms with E-state index in [1.807, 2.05) is 33.9 Å². The zero-order valence-corrected chi connectivity index (χ0v) is 14.0. The average molecular weight is 317 g/mol. The van der Waals surface area contributed by atoms with E-state index < -0.39 is 0 Å². The number of anilines is 1. The van der Waals surface area contributed by atoms with Gasteiger partial charge in [0, 0.05) is 18.5 Å². The number of hydrogen-bond acceptors (Lipinski definition) is 4. The zero-order chi connectivity index (χ0) is 15.1. The Hall–Kier alpha value is -1.46. The Balaban J connectivity index is 0.00000400. The van der Waals surface area contributed by atoms with Crippen molar-refractivity contribution in [1.82, 2.24) is 5.32 Å². The van der Waals surface area contributed by atoms with E-state index in [9.17, 15) is 4.79 Å². The molecular formula is C15H25ClN2O3. The van der Waals surface area contributed by atoms with Gasteiger partial charge in [-0.2, -0.15) is 0 Å². The minimum absolute atomic E-state index is 0. The summed E-state index contributed by atoms with van der Waals surface area (Å²) in [5.41, 5.74) is 0.631. The van der Waals surface area contributed by atoms with Crippen molar-refractivity contribution in [2.45, 2.75) is 26.9 Å². The fraction of sp³-hybridized carbons (Fsp3) is 0.533. The van der Waals surface area contributed by atoms with Gasteiger partial charge in [0.25, 0.3) is 0 Å². The van der Waals surface area contributed by atoms with Crippen LogP contribution in [0.25, 0.3) is 0 Å². The number of rotatable bonds is 7. The molecule has 1 aromatic carbocycles. The van der Waals surface area contributed by atoms with Crippen LogP contribution in [0.2, 0.25) is 0 Å². The van der Waals surface area contributed by atoms with Crippen LogP contribution in [0.5, 0.6) is 11.5 Å². The molecule has 1 aromatic rings. The highest BCUT2D eigenvalue weighted by atomic mass is 35.5. The first kappa shape index (κ1) is 19.5. The van der Waals surface area contributed by atoms with Crippen LogP contribution in [0.3, 0.4) is 0 Å². The monoisotopic (exact) mass is 316 g/mol. The first-order valence-electron chi connectivity index (χ1n) is 6.78. The number of halogens is 1. The van der Waals surface area contributed by atoms with Crippen molar-refractivity contribution in [2.75, 3.05) is 26.0 Å². The molecule has 0 spiro atoms. The lowest BCUT2D eigenvalue weighted by atomic mass is 10.1. The SMILES string of the molecule is CNCC(C)C(=O)Nc1cc(OC)ccc1OC(C)C.Cl. The van der Waals surface area contributed by atoms with Crippen LogP contribution in [0.1, 0.15) is 20.8 Å². The molecule has 1 rings (SSSR count). The van der Waals surface area contributed by atoms with Crippen LogP contribution in [-0.2, 0) is 4.79 Å². The Labute approximate surface area is 132 Å². The minimum atomic E-state index is -0.127. The van der Waals surface area contributed by atoms with Gasteiger partial charge >= 0.3 is 0 Å². The highest BCUT2D eigenvalue weighted by molar-refractivity contribution is 5.94. The Morgan fingerprint density at radius 1 is 1.29 bits per heavy atom. The maximum atomic E-state index is 12.1. The van der Waals surface area contributed by atoms with Gasteiger partial charge in [-0.1, -0.05) is 6.92 Å². The van der Waals surface area contributed by atoms with E-state index in [-0.39, 0.29) is 30.3 Å². The molecule has 1 atom stereocenters. The van der Waals surface area contributed by atoms with Crippen molar-refractivity contribution in [1.29, 1.82) is 0 Å². The molecule has 120 valence electrons. The summed E-state index contributed by atoms with van der Waals surface area (Å²) in [6, 6.07) is 5.38. The number of methoxy groups -OCH3 is 1. The van der Waals surface area contributed by atoms with E-state index >= 15 is 0 Å². The molecule has 0 fully saturated rings. The molecule has 0 bridgehead atoms. The number of carbonyl (C=O) groups excluding carboxylic acids is 1. The normalized spacial score (nSPS) is 11.5. The van der Waals surface area contributed by atoms with Crippen molar-refractivity contribution in [3.8, 4) is 11.5 Å². The van der Waals surface area contributed by atoms with Gasteiger partial charge in [0.2, 0.25) is 5.91 Å². The number of ether oxygens (including phenoxy) is 2. The van der Waals surface area contributed by atoms with Crippen LogP contribution in [-0.4, -0.2) is 32.7 Å². The second-order valence-electron chi connectivity index (χ2n) is 4.98. The minimum Gasteiger partial charge on any atom is -0.497 e. The fourth-order valence-corrected chi connectivity index (χ4v) is 1.75. The van der Waals surface area contributed by atoms with Crippen molar-refractivity contribution in [2.24, 2.45) is 5.92 Å². The van der Waals surface area contributed by atoms with Gasteiger partial charge in [-0.15, -0.1) is 12.4 Å². The lowest BCUT2D eigenvalue weighted by Crippen LogP contribution is -2.28. The molecule has 0 aromatic heterocycles. The zero-order valence-electron chi connectivity index (χ0n) is 13.2. The van der Waals surface area contributed by atoms with E-state index in [1.54, 1.807) is 19.2 Å². The molecule has 5 nitrogen and oxygen atoms in total. The number of carbonyl (C=O) groups is 1. The summed E-state index contributed by atoms with van der Waals surface area (Å²) in [4.78, 5) is 12.1. The van der Waals surface area contributed by atoms with Crippen LogP contribution >= 0.6 is 12.4 Å². The predicted octanol–water partition coefficient (Wildman–Crippen LogP) is 2.70. The average Bonchev–Trinajstić information content (AvgIpc) is 2.40. The lowest BCUT2D eigenvalue weighted by Gasteiger charge is -2.17. The number of hydrogen-bond donors (Lipinski definition) is 2. The first-order chi connectivity index (χ1) is 9.47. The van der Waals surface area contributed by atoms with Gasteiger partial charge in [0.1, 0.15) is 11.5 Å². The Bertz CT molecular complexity index is 453. The Kier molecular flexibility index (Phi) is 8.81. The van der Waals surface area contributed by atoms with E-state index in [0.717, 1.165) is 0 Å². The maximum Gasteiger partial charge on any atom is 0.228 e. The molecule has 1 unspecified atom stereocenters. The predicted molar refractivity (Wildman–Crippen MR) is 87.7 cm³/mol. The molecule has 1 amide bonds. The Morgan fingerprint density at radius 3 is 2.48 bits per heavy atom. The second kappa shape index (κ2) is 9.47. The third-order valence-electron chi connectivity index (χ3n) is 2.77. The molecule has 2 N–H and O–H groups in total. The smallest absolute Gasteiger partial charge is 0.228 e. The van der Waals surface area contributed by atoms with Crippen LogP contribution < -0.4 is 20.1 Å². The highest BCUT2D eigenvalue weighted by Gasteiger charge is 2.15. The molecule has 0 aliphatic carbocycles. The van der Waals surface area contributed by atoms with Crippen LogP contribution in [0, 0.1) is 5.92 Å². The first-order valence-corrected chi connectivity index (χ1v) is 6.78. The molecule has 0 aliphatic rings. The quantitative estimate of drug-likeness (QED) is 0.812. The highest BCUT2D eigenvalue weighted by Crippen LogP contribution is 2.30. The molecule has 0 radical (unpaired) electrons. The van der Waals surface area contributed by atoms with E-state index in [1.165, 1.54) is 0 Å². The molecule has 0 aliphatic heterocycles. The summed E-state index contributed by atoms with van der Waals surface area (Å²) >= 11 is 0. The molecule has 21 heavy (non-hydrogen) atoms. The molecule has 6 heteroatoms. The van der Waals surface area contributed by atoms with Crippen molar-refractivity contribution < 1.29 is 14.3 Å². The van der Waals surface area contributed by atoms with E-state index in [4.69, 9.17) is 9.47 Å². The van der Waals surface area contributed by atoms with Gasteiger partial charge in [-0.05, 0) is 33.0 Å². The summed E-state index contributed by atoms with van der Waals surface area (Å²) in [6.07, 6.45) is 0.0359. The second-order valence-corrected chi connectivity index (χ2v) is 4.98. The number of nitrogens with one attached hydrogen (secondary N) is 2.